The van der Waals surface area contributed by atoms with E-state index in [1.165, 1.54) is 0 Å². The van der Waals surface area contributed by atoms with E-state index in [4.69, 9.17) is 9.47 Å². The van der Waals surface area contributed by atoms with Gasteiger partial charge in [-0.2, -0.15) is 4.98 Å². The molecular weight excluding hydrogens is 330 g/mol. The Kier molecular flexibility index (Phi) is 5.47. The van der Waals surface area contributed by atoms with Crippen LogP contribution in [0.15, 0.2) is 36.5 Å². The van der Waals surface area contributed by atoms with Crippen molar-refractivity contribution >= 4 is 17.5 Å². The number of hydrogen-bond donors (Lipinski definition) is 3. The molecule has 7 heteroatoms. The Labute approximate surface area is 153 Å². The first kappa shape index (κ1) is 17.1. The maximum absolute atomic E-state index is 5.89. The van der Waals surface area contributed by atoms with Gasteiger partial charge in [0.2, 0.25) is 5.95 Å². The van der Waals surface area contributed by atoms with E-state index in [0.717, 1.165) is 56.2 Å². The number of rotatable bonds is 6. The molecule has 0 bridgehead atoms. The third kappa shape index (κ3) is 4.62. The second-order valence-corrected chi connectivity index (χ2v) is 6.69. The Morgan fingerprint density at radius 2 is 1.92 bits per heavy atom. The summed E-state index contributed by atoms with van der Waals surface area (Å²) in [6, 6.07) is 10.2. The molecule has 4 rings (SSSR count). The van der Waals surface area contributed by atoms with Gasteiger partial charge in [0.1, 0.15) is 17.7 Å². The number of nitrogens with zero attached hydrogens (tertiary/aromatic N) is 2. The summed E-state index contributed by atoms with van der Waals surface area (Å²) >= 11 is 0. The molecule has 2 aliphatic rings. The highest BCUT2D eigenvalue weighted by atomic mass is 16.5. The fourth-order valence-electron chi connectivity index (χ4n) is 3.22. The lowest BCUT2D eigenvalue weighted by molar-refractivity contribution is 0.141. The van der Waals surface area contributed by atoms with Crippen molar-refractivity contribution in [2.75, 3.05) is 36.9 Å². The lowest BCUT2D eigenvalue weighted by atomic mass is 10.1. The third-order valence-corrected chi connectivity index (χ3v) is 4.65. The third-order valence-electron chi connectivity index (χ3n) is 4.65. The highest BCUT2D eigenvalue weighted by Crippen LogP contribution is 2.21. The van der Waals surface area contributed by atoms with Gasteiger partial charge in [0.25, 0.3) is 0 Å². The lowest BCUT2D eigenvalue weighted by Crippen LogP contribution is -2.35. The van der Waals surface area contributed by atoms with Crippen molar-refractivity contribution in [3.63, 3.8) is 0 Å². The van der Waals surface area contributed by atoms with Crippen LogP contribution >= 0.6 is 0 Å². The molecule has 1 unspecified atom stereocenters. The summed E-state index contributed by atoms with van der Waals surface area (Å²) in [4.78, 5) is 8.88. The van der Waals surface area contributed by atoms with Gasteiger partial charge in [-0.3, -0.25) is 0 Å². The van der Waals surface area contributed by atoms with Crippen LogP contribution in [0.2, 0.25) is 0 Å². The van der Waals surface area contributed by atoms with E-state index in [1.807, 2.05) is 30.3 Å². The Hall–Kier alpha value is -2.38. The van der Waals surface area contributed by atoms with Crippen LogP contribution in [-0.4, -0.2) is 48.4 Å². The van der Waals surface area contributed by atoms with Crippen LogP contribution in [0.25, 0.3) is 0 Å². The smallest absolute Gasteiger partial charge is 0.229 e. The zero-order valence-electron chi connectivity index (χ0n) is 14.8. The van der Waals surface area contributed by atoms with E-state index < -0.39 is 0 Å². The molecule has 138 valence electrons. The van der Waals surface area contributed by atoms with Gasteiger partial charge in [0.15, 0.2) is 0 Å². The van der Waals surface area contributed by atoms with Gasteiger partial charge < -0.3 is 25.4 Å². The summed E-state index contributed by atoms with van der Waals surface area (Å²) < 4.78 is 11.2. The van der Waals surface area contributed by atoms with Gasteiger partial charge >= 0.3 is 0 Å². The summed E-state index contributed by atoms with van der Waals surface area (Å²) in [5.41, 5.74) is 0.930. The molecule has 3 heterocycles. The van der Waals surface area contributed by atoms with E-state index in [2.05, 4.69) is 25.9 Å². The molecule has 3 N–H and O–H groups in total. The molecule has 1 aromatic carbocycles. The number of nitrogens with one attached hydrogen (secondary N) is 3. The molecule has 2 saturated heterocycles. The zero-order valence-corrected chi connectivity index (χ0v) is 14.8. The molecule has 2 aliphatic heterocycles. The van der Waals surface area contributed by atoms with Crippen molar-refractivity contribution in [1.29, 1.82) is 0 Å². The number of anilines is 3. The quantitative estimate of drug-likeness (QED) is 0.735. The molecule has 2 fully saturated rings. The van der Waals surface area contributed by atoms with Gasteiger partial charge in [-0.1, -0.05) is 0 Å². The molecule has 1 aromatic heterocycles. The number of piperidine rings is 1. The largest absolute Gasteiger partial charge is 0.488 e. The van der Waals surface area contributed by atoms with Crippen molar-refractivity contribution in [2.45, 2.75) is 31.4 Å². The Bertz CT molecular complexity index is 697. The standard InChI is InChI=1S/C19H25N5O2/c1-3-16(26-17-8-12-25-13-17)4-2-14(1)23-19-21-11-7-18(24-19)22-15-5-9-20-10-6-15/h1-4,7,11,15,17,20H,5-6,8-10,12-13H2,(H2,21,22,23,24). The SMILES string of the molecule is c1cc(NC2CCNCC2)nc(Nc2ccc(OC3CCOC3)cc2)n1. The van der Waals surface area contributed by atoms with E-state index in [1.54, 1.807) is 6.20 Å². The van der Waals surface area contributed by atoms with Gasteiger partial charge in [-0.15, -0.1) is 0 Å². The highest BCUT2D eigenvalue weighted by molar-refractivity contribution is 5.56. The summed E-state index contributed by atoms with van der Waals surface area (Å²) in [6.07, 6.45) is 5.11. The first-order chi connectivity index (χ1) is 12.8. The first-order valence-electron chi connectivity index (χ1n) is 9.27. The highest BCUT2D eigenvalue weighted by Gasteiger charge is 2.17. The second-order valence-electron chi connectivity index (χ2n) is 6.69. The molecule has 0 aliphatic carbocycles. The molecular formula is C19H25N5O2. The lowest BCUT2D eigenvalue weighted by Gasteiger charge is -2.24. The molecule has 2 aromatic rings. The zero-order chi connectivity index (χ0) is 17.6. The van der Waals surface area contributed by atoms with Crippen LogP contribution in [-0.2, 0) is 4.74 Å². The normalized spacial score (nSPS) is 20.7. The van der Waals surface area contributed by atoms with Crippen LogP contribution in [0.4, 0.5) is 17.5 Å². The Morgan fingerprint density at radius 3 is 2.69 bits per heavy atom. The fourth-order valence-corrected chi connectivity index (χ4v) is 3.22. The van der Waals surface area contributed by atoms with Crippen LogP contribution in [0.3, 0.4) is 0 Å². The number of hydrogen-bond acceptors (Lipinski definition) is 7. The van der Waals surface area contributed by atoms with Crippen LogP contribution in [0.1, 0.15) is 19.3 Å². The molecule has 0 amide bonds. The minimum Gasteiger partial charge on any atom is -0.488 e. The fraction of sp³-hybridized carbons (Fsp3) is 0.474. The van der Waals surface area contributed by atoms with E-state index in [-0.39, 0.29) is 6.10 Å². The van der Waals surface area contributed by atoms with Crippen LogP contribution < -0.4 is 20.7 Å². The van der Waals surface area contributed by atoms with Crippen molar-refractivity contribution < 1.29 is 9.47 Å². The first-order valence-corrected chi connectivity index (χ1v) is 9.27. The Balaban J connectivity index is 1.35. The minimum atomic E-state index is 0.162. The molecule has 26 heavy (non-hydrogen) atoms. The molecule has 1 atom stereocenters. The number of benzene rings is 1. The van der Waals surface area contributed by atoms with Crippen LogP contribution in [0.5, 0.6) is 5.75 Å². The van der Waals surface area contributed by atoms with Crippen molar-refractivity contribution in [2.24, 2.45) is 0 Å². The average Bonchev–Trinajstić information content (AvgIpc) is 3.18. The van der Waals surface area contributed by atoms with Crippen molar-refractivity contribution in [1.82, 2.24) is 15.3 Å². The van der Waals surface area contributed by atoms with Gasteiger partial charge in [-0.25, -0.2) is 4.98 Å². The maximum atomic E-state index is 5.89. The Morgan fingerprint density at radius 1 is 1.08 bits per heavy atom. The number of ether oxygens (including phenoxy) is 2. The van der Waals surface area contributed by atoms with Gasteiger partial charge in [-0.05, 0) is 56.3 Å². The summed E-state index contributed by atoms with van der Waals surface area (Å²) in [7, 11) is 0. The predicted octanol–water partition coefficient (Wildman–Crippen LogP) is 2.55. The number of aromatic nitrogens is 2. The van der Waals surface area contributed by atoms with Crippen molar-refractivity contribution in [3.05, 3.63) is 36.5 Å². The summed E-state index contributed by atoms with van der Waals surface area (Å²) in [5.74, 6) is 2.30. The predicted molar refractivity (Wildman–Crippen MR) is 101 cm³/mol. The topological polar surface area (TPSA) is 80.3 Å². The monoisotopic (exact) mass is 355 g/mol. The second kappa shape index (κ2) is 8.33. The summed E-state index contributed by atoms with van der Waals surface area (Å²) in [6.45, 7) is 3.55. The minimum absolute atomic E-state index is 0.162. The van der Waals surface area contributed by atoms with E-state index >= 15 is 0 Å². The summed E-state index contributed by atoms with van der Waals surface area (Å²) in [5, 5.41) is 10.1. The van der Waals surface area contributed by atoms with Crippen LogP contribution in [0, 0.1) is 0 Å². The molecule has 0 saturated carbocycles. The van der Waals surface area contributed by atoms with E-state index in [9.17, 15) is 0 Å². The molecule has 7 nitrogen and oxygen atoms in total. The molecule has 0 radical (unpaired) electrons. The van der Waals surface area contributed by atoms with E-state index in [0.29, 0.717) is 18.6 Å². The van der Waals surface area contributed by atoms with Gasteiger partial charge in [0, 0.05) is 24.3 Å². The van der Waals surface area contributed by atoms with Gasteiger partial charge in [0.05, 0.1) is 13.2 Å². The average molecular weight is 355 g/mol. The van der Waals surface area contributed by atoms with Crippen molar-refractivity contribution in [3.8, 4) is 5.75 Å². The maximum Gasteiger partial charge on any atom is 0.229 e. The molecule has 0 spiro atoms.